The molecule has 0 aromatic heterocycles. The van der Waals surface area contributed by atoms with Gasteiger partial charge in [-0.25, -0.2) is 4.79 Å². The molecule has 0 fully saturated rings. The van der Waals surface area contributed by atoms with Gasteiger partial charge in [0.15, 0.2) is 0 Å². The zero-order valence-electron chi connectivity index (χ0n) is 19.3. The lowest BCUT2D eigenvalue weighted by Crippen LogP contribution is -2.55. The van der Waals surface area contributed by atoms with Crippen LogP contribution in [0.4, 0.5) is 5.69 Å². The lowest BCUT2D eigenvalue weighted by atomic mass is 9.85. The van der Waals surface area contributed by atoms with Gasteiger partial charge in [-0.1, -0.05) is 47.6 Å². The molecule has 0 spiro atoms. The van der Waals surface area contributed by atoms with Crippen molar-refractivity contribution in [2.75, 3.05) is 32.6 Å². The Kier molecular flexibility index (Phi) is 11.2. The van der Waals surface area contributed by atoms with E-state index in [1.165, 1.54) is 12.0 Å². The largest absolute Gasteiger partial charge is 0.465 e. The first-order valence-electron chi connectivity index (χ1n) is 9.75. The number of carbonyl (C=O) groups is 3. The number of rotatable bonds is 6. The van der Waals surface area contributed by atoms with Gasteiger partial charge in [-0.15, -0.1) is 0 Å². The summed E-state index contributed by atoms with van der Waals surface area (Å²) in [5, 5.41) is 5.53. The summed E-state index contributed by atoms with van der Waals surface area (Å²) >= 11 is 0. The smallest absolute Gasteiger partial charge is 0.337 e. The Morgan fingerprint density at radius 1 is 1.14 bits per heavy atom. The molecule has 0 aliphatic rings. The number of benzene rings is 1. The predicted octanol–water partition coefficient (Wildman–Crippen LogP) is 2.85. The van der Waals surface area contributed by atoms with E-state index < -0.39 is 17.4 Å². The summed E-state index contributed by atoms with van der Waals surface area (Å²) in [5.41, 5.74) is 0.422. The SMILES string of the molecule is CC(C)C.CNCC(=O)NC(C(=O)N(C)c1cccc(C(=O)OC)c1)C(C)(C)C. The van der Waals surface area contributed by atoms with Crippen molar-refractivity contribution in [1.82, 2.24) is 10.6 Å². The number of nitrogens with zero attached hydrogens (tertiary/aromatic N) is 1. The highest BCUT2D eigenvalue weighted by atomic mass is 16.5. The van der Waals surface area contributed by atoms with Crippen LogP contribution in [0.15, 0.2) is 24.3 Å². The van der Waals surface area contributed by atoms with E-state index in [4.69, 9.17) is 4.74 Å². The number of ether oxygens (including phenoxy) is 1. The molecule has 1 rings (SSSR count). The average molecular weight is 408 g/mol. The summed E-state index contributed by atoms with van der Waals surface area (Å²) in [6, 6.07) is 5.89. The lowest BCUT2D eigenvalue weighted by Gasteiger charge is -2.33. The summed E-state index contributed by atoms with van der Waals surface area (Å²) in [7, 11) is 4.58. The number of hydrogen-bond donors (Lipinski definition) is 2. The highest BCUT2D eigenvalue weighted by Gasteiger charge is 2.35. The monoisotopic (exact) mass is 407 g/mol. The minimum Gasteiger partial charge on any atom is -0.465 e. The van der Waals surface area contributed by atoms with E-state index >= 15 is 0 Å². The molecule has 7 nitrogen and oxygen atoms in total. The van der Waals surface area contributed by atoms with E-state index in [2.05, 4.69) is 31.4 Å². The van der Waals surface area contributed by atoms with Gasteiger partial charge in [0, 0.05) is 12.7 Å². The third kappa shape index (κ3) is 9.56. The van der Waals surface area contributed by atoms with Crippen LogP contribution in [0.5, 0.6) is 0 Å². The molecule has 0 aliphatic heterocycles. The van der Waals surface area contributed by atoms with Crippen LogP contribution in [0.25, 0.3) is 0 Å². The van der Waals surface area contributed by atoms with Crippen molar-refractivity contribution in [3.8, 4) is 0 Å². The normalized spacial score (nSPS) is 11.8. The number of carbonyl (C=O) groups excluding carboxylic acids is 3. The molecule has 1 aromatic rings. The fourth-order valence-corrected chi connectivity index (χ4v) is 2.30. The average Bonchev–Trinajstić information content (AvgIpc) is 2.63. The number of anilines is 1. The zero-order valence-corrected chi connectivity index (χ0v) is 19.3. The molecule has 0 saturated carbocycles. The van der Waals surface area contributed by atoms with Crippen molar-refractivity contribution in [2.45, 2.75) is 47.6 Å². The fraction of sp³-hybridized carbons (Fsp3) is 0.591. The van der Waals surface area contributed by atoms with Gasteiger partial charge in [-0.05, 0) is 36.6 Å². The predicted molar refractivity (Wildman–Crippen MR) is 117 cm³/mol. The van der Waals surface area contributed by atoms with Crippen molar-refractivity contribution >= 4 is 23.5 Å². The van der Waals surface area contributed by atoms with Crippen molar-refractivity contribution in [1.29, 1.82) is 0 Å². The third-order valence-corrected chi connectivity index (χ3v) is 3.74. The molecule has 0 saturated heterocycles. The van der Waals surface area contributed by atoms with Crippen LogP contribution in [0.2, 0.25) is 0 Å². The zero-order chi connectivity index (χ0) is 22.8. The minimum absolute atomic E-state index is 0.126. The standard InChI is InChI=1S/C18H27N3O4.C4H10/c1-18(2,3)15(20-14(22)11-19-4)16(23)21(5)13-9-7-8-12(10-13)17(24)25-6;1-4(2)3/h7-10,15,19H,11H2,1-6H3,(H,20,22);4H,1-3H3. The molecule has 0 bridgehead atoms. The van der Waals surface area contributed by atoms with Crippen LogP contribution in [0.1, 0.15) is 51.9 Å². The summed E-state index contributed by atoms with van der Waals surface area (Å²) in [4.78, 5) is 38.0. The number of hydrogen-bond acceptors (Lipinski definition) is 5. The van der Waals surface area contributed by atoms with Gasteiger partial charge in [0.05, 0.1) is 19.2 Å². The summed E-state index contributed by atoms with van der Waals surface area (Å²) in [5.74, 6) is -0.163. The number of likely N-dealkylation sites (N-methyl/N-ethyl adjacent to an activating group) is 2. The molecule has 1 atom stereocenters. The number of nitrogens with one attached hydrogen (secondary N) is 2. The van der Waals surface area contributed by atoms with Gasteiger partial charge >= 0.3 is 5.97 Å². The molecule has 1 unspecified atom stereocenters. The van der Waals surface area contributed by atoms with Crippen molar-refractivity contribution < 1.29 is 19.1 Å². The molecule has 0 heterocycles. The van der Waals surface area contributed by atoms with Crippen LogP contribution >= 0.6 is 0 Å². The molecule has 164 valence electrons. The topological polar surface area (TPSA) is 87.7 Å². The van der Waals surface area contributed by atoms with Gasteiger partial charge in [-0.3, -0.25) is 9.59 Å². The maximum absolute atomic E-state index is 13.0. The quantitative estimate of drug-likeness (QED) is 0.708. The molecule has 0 radical (unpaired) electrons. The first kappa shape index (κ1) is 26.6. The molecule has 2 amide bonds. The lowest BCUT2D eigenvalue weighted by molar-refractivity contribution is -0.129. The Morgan fingerprint density at radius 2 is 1.69 bits per heavy atom. The van der Waals surface area contributed by atoms with Gasteiger partial charge in [0.1, 0.15) is 6.04 Å². The van der Waals surface area contributed by atoms with E-state index in [1.807, 2.05) is 20.8 Å². The molecule has 7 heteroatoms. The second-order valence-electron chi connectivity index (χ2n) is 8.57. The molecule has 2 N–H and O–H groups in total. The van der Waals surface area contributed by atoms with Crippen LogP contribution in [0.3, 0.4) is 0 Å². The number of esters is 1. The van der Waals surface area contributed by atoms with Crippen molar-refractivity contribution in [3.63, 3.8) is 0 Å². The highest BCUT2D eigenvalue weighted by molar-refractivity contribution is 6.00. The van der Waals surface area contributed by atoms with Gasteiger partial charge in [0.2, 0.25) is 11.8 Å². The highest BCUT2D eigenvalue weighted by Crippen LogP contribution is 2.24. The Hall–Kier alpha value is -2.41. The second kappa shape index (κ2) is 12.2. The van der Waals surface area contributed by atoms with Crippen LogP contribution in [0, 0.1) is 11.3 Å². The molecule has 29 heavy (non-hydrogen) atoms. The minimum atomic E-state index is -0.708. The maximum Gasteiger partial charge on any atom is 0.337 e. The first-order valence-corrected chi connectivity index (χ1v) is 9.75. The second-order valence-corrected chi connectivity index (χ2v) is 8.57. The van der Waals surface area contributed by atoms with E-state index in [0.29, 0.717) is 11.3 Å². The van der Waals surface area contributed by atoms with Crippen LogP contribution in [-0.2, 0) is 14.3 Å². The van der Waals surface area contributed by atoms with Crippen LogP contribution in [-0.4, -0.2) is 51.6 Å². The van der Waals surface area contributed by atoms with Gasteiger partial charge in [-0.2, -0.15) is 0 Å². The molecular weight excluding hydrogens is 370 g/mol. The number of amides is 2. The summed E-state index contributed by atoms with van der Waals surface area (Å²) < 4.78 is 4.71. The molecular formula is C22H37N3O4. The van der Waals surface area contributed by atoms with Crippen molar-refractivity contribution in [2.24, 2.45) is 11.3 Å². The maximum atomic E-state index is 13.0. The van der Waals surface area contributed by atoms with Gasteiger partial charge < -0.3 is 20.3 Å². The molecule has 1 aromatic carbocycles. The Balaban J connectivity index is 0.00000178. The van der Waals surface area contributed by atoms with E-state index in [1.54, 1.807) is 38.4 Å². The molecule has 0 aliphatic carbocycles. The summed E-state index contributed by atoms with van der Waals surface area (Å²) in [6.07, 6.45) is 0. The Labute approximate surface area is 175 Å². The Bertz CT molecular complexity index is 678. The third-order valence-electron chi connectivity index (χ3n) is 3.74. The number of methoxy groups -OCH3 is 1. The fourth-order valence-electron chi connectivity index (χ4n) is 2.30. The van der Waals surface area contributed by atoms with E-state index in [9.17, 15) is 14.4 Å². The Morgan fingerprint density at radius 3 is 2.14 bits per heavy atom. The van der Waals surface area contributed by atoms with E-state index in [0.717, 1.165) is 5.92 Å². The van der Waals surface area contributed by atoms with Crippen LogP contribution < -0.4 is 15.5 Å². The van der Waals surface area contributed by atoms with Crippen molar-refractivity contribution in [3.05, 3.63) is 29.8 Å². The van der Waals surface area contributed by atoms with E-state index in [-0.39, 0.29) is 18.4 Å². The van der Waals surface area contributed by atoms with Gasteiger partial charge in [0.25, 0.3) is 0 Å². The first-order chi connectivity index (χ1) is 13.3. The summed E-state index contributed by atoms with van der Waals surface area (Å²) in [6.45, 7) is 12.3.